The number of hydrogen-bond acceptors (Lipinski definition) is 4. The number of ether oxygens (including phenoxy) is 1. The number of carbonyl (C=O) groups is 1. The van der Waals surface area contributed by atoms with E-state index in [2.05, 4.69) is 15.6 Å². The Bertz CT molecular complexity index is 654. The zero-order chi connectivity index (χ0) is 20.4. The number of nitrogens with one attached hydrogen (secondary N) is 2. The van der Waals surface area contributed by atoms with E-state index in [0.29, 0.717) is 11.4 Å². The molecule has 0 radical (unpaired) electrons. The zero-order valence-electron chi connectivity index (χ0n) is 17.4. The molecule has 6 nitrogen and oxygen atoms in total. The van der Waals surface area contributed by atoms with Gasteiger partial charge in [-0.2, -0.15) is 0 Å². The molecular formula is C20H32ClIN4O2S. The van der Waals surface area contributed by atoms with Gasteiger partial charge in [0, 0.05) is 56.6 Å². The second kappa shape index (κ2) is 13.6. The van der Waals surface area contributed by atoms with Gasteiger partial charge in [0.15, 0.2) is 5.96 Å². The van der Waals surface area contributed by atoms with Gasteiger partial charge in [-0.05, 0) is 48.9 Å². The molecule has 1 fully saturated rings. The highest BCUT2D eigenvalue weighted by Gasteiger charge is 2.41. The van der Waals surface area contributed by atoms with Crippen molar-refractivity contribution >= 4 is 59.2 Å². The third-order valence-corrected chi connectivity index (χ3v) is 6.04. The molecule has 1 aliphatic rings. The summed E-state index contributed by atoms with van der Waals surface area (Å²) in [6, 6.07) is 7.83. The van der Waals surface area contributed by atoms with E-state index in [0.717, 1.165) is 36.9 Å². The van der Waals surface area contributed by atoms with E-state index in [9.17, 15) is 4.79 Å². The van der Waals surface area contributed by atoms with Gasteiger partial charge in [-0.3, -0.25) is 4.79 Å². The van der Waals surface area contributed by atoms with Crippen LogP contribution < -0.4 is 10.6 Å². The van der Waals surface area contributed by atoms with Crippen LogP contribution in [-0.2, 0) is 9.53 Å². The molecule has 29 heavy (non-hydrogen) atoms. The summed E-state index contributed by atoms with van der Waals surface area (Å²) in [5, 5.41) is 7.50. The van der Waals surface area contributed by atoms with Gasteiger partial charge < -0.3 is 20.3 Å². The van der Waals surface area contributed by atoms with E-state index < -0.39 is 0 Å². The largest absolute Gasteiger partial charge is 0.385 e. The Kier molecular flexibility index (Phi) is 12.3. The van der Waals surface area contributed by atoms with Crippen LogP contribution in [-0.4, -0.2) is 70.0 Å². The fourth-order valence-electron chi connectivity index (χ4n) is 2.61. The van der Waals surface area contributed by atoms with Gasteiger partial charge in [0.2, 0.25) is 5.91 Å². The number of hydrogen-bond donors (Lipinski definition) is 2. The fraction of sp³-hybridized carbons (Fsp3) is 0.600. The lowest BCUT2D eigenvalue weighted by Gasteiger charge is -2.19. The SMILES string of the molecule is COCCC1(CNC(=NCC(=O)N(C)C)NCCSc2ccc(Cl)cc2)CC1.I. The quantitative estimate of drug-likeness (QED) is 0.144. The molecule has 0 spiro atoms. The summed E-state index contributed by atoms with van der Waals surface area (Å²) >= 11 is 7.67. The number of halogens is 2. The summed E-state index contributed by atoms with van der Waals surface area (Å²) in [6.07, 6.45) is 3.46. The van der Waals surface area contributed by atoms with Crippen molar-refractivity contribution in [3.63, 3.8) is 0 Å². The van der Waals surface area contributed by atoms with Crippen molar-refractivity contribution in [3.8, 4) is 0 Å². The lowest BCUT2D eigenvalue weighted by atomic mass is 10.0. The van der Waals surface area contributed by atoms with Crippen LogP contribution in [0.4, 0.5) is 0 Å². The van der Waals surface area contributed by atoms with Gasteiger partial charge in [-0.1, -0.05) is 11.6 Å². The molecule has 0 bridgehead atoms. The maximum Gasteiger partial charge on any atom is 0.243 e. The molecule has 0 atom stereocenters. The van der Waals surface area contributed by atoms with Gasteiger partial charge in [0.25, 0.3) is 0 Å². The molecular weight excluding hydrogens is 523 g/mol. The molecule has 0 heterocycles. The highest BCUT2D eigenvalue weighted by atomic mass is 127. The van der Waals surface area contributed by atoms with Gasteiger partial charge in [0.05, 0.1) is 0 Å². The van der Waals surface area contributed by atoms with Crippen LogP contribution in [0.1, 0.15) is 19.3 Å². The van der Waals surface area contributed by atoms with Crippen molar-refractivity contribution in [2.24, 2.45) is 10.4 Å². The second-order valence-corrected chi connectivity index (χ2v) is 8.88. The Labute approximate surface area is 200 Å². The molecule has 164 valence electrons. The number of amides is 1. The van der Waals surface area contributed by atoms with E-state index in [-0.39, 0.29) is 36.4 Å². The van der Waals surface area contributed by atoms with Crippen LogP contribution >= 0.6 is 47.3 Å². The molecule has 2 N–H and O–H groups in total. The Morgan fingerprint density at radius 3 is 2.55 bits per heavy atom. The molecule has 1 aromatic carbocycles. The molecule has 1 aromatic rings. The Hall–Kier alpha value is -0.710. The van der Waals surface area contributed by atoms with Crippen LogP contribution in [0.2, 0.25) is 5.02 Å². The maximum absolute atomic E-state index is 11.9. The van der Waals surface area contributed by atoms with Gasteiger partial charge in [0.1, 0.15) is 6.54 Å². The number of guanidine groups is 1. The zero-order valence-corrected chi connectivity index (χ0v) is 21.3. The van der Waals surface area contributed by atoms with Crippen molar-refractivity contribution in [1.82, 2.24) is 15.5 Å². The number of methoxy groups -OCH3 is 1. The summed E-state index contributed by atoms with van der Waals surface area (Å²) < 4.78 is 5.22. The standard InChI is InChI=1S/C20H31ClN4O2S.HI/c1-25(2)18(26)14-23-19(24-15-20(8-9-20)10-12-27-3)22-11-13-28-17-6-4-16(21)5-7-17;/h4-7H,8-15H2,1-3H3,(H2,22,23,24);1H. The predicted molar refractivity (Wildman–Crippen MR) is 133 cm³/mol. The lowest BCUT2D eigenvalue weighted by molar-refractivity contribution is -0.127. The van der Waals surface area contributed by atoms with E-state index in [1.165, 1.54) is 17.7 Å². The molecule has 2 rings (SSSR count). The highest BCUT2D eigenvalue weighted by molar-refractivity contribution is 14.0. The minimum Gasteiger partial charge on any atom is -0.385 e. The average molecular weight is 555 g/mol. The summed E-state index contributed by atoms with van der Waals surface area (Å²) in [4.78, 5) is 19.1. The number of nitrogens with zero attached hydrogens (tertiary/aromatic N) is 2. The van der Waals surface area contributed by atoms with Gasteiger partial charge in [-0.25, -0.2) is 4.99 Å². The van der Waals surface area contributed by atoms with Crippen LogP contribution in [0.5, 0.6) is 0 Å². The minimum atomic E-state index is -0.0165. The first-order valence-corrected chi connectivity index (χ1v) is 10.9. The molecule has 9 heteroatoms. The van der Waals surface area contributed by atoms with Crippen molar-refractivity contribution in [2.75, 3.05) is 53.2 Å². The van der Waals surface area contributed by atoms with Crippen molar-refractivity contribution < 1.29 is 9.53 Å². The number of rotatable bonds is 11. The molecule has 1 amide bonds. The molecule has 1 aliphatic carbocycles. The highest BCUT2D eigenvalue weighted by Crippen LogP contribution is 2.48. The smallest absolute Gasteiger partial charge is 0.243 e. The number of carbonyl (C=O) groups excluding carboxylic acids is 1. The summed E-state index contributed by atoms with van der Waals surface area (Å²) in [5.74, 6) is 1.56. The minimum absolute atomic E-state index is 0. The van der Waals surface area contributed by atoms with Crippen LogP contribution in [0, 0.1) is 5.41 Å². The second-order valence-electron chi connectivity index (χ2n) is 7.28. The van der Waals surface area contributed by atoms with Crippen LogP contribution in [0.15, 0.2) is 34.2 Å². The lowest BCUT2D eigenvalue weighted by Crippen LogP contribution is -2.42. The van der Waals surface area contributed by atoms with Crippen molar-refractivity contribution in [1.29, 1.82) is 0 Å². The summed E-state index contributed by atoms with van der Waals surface area (Å²) in [6.45, 7) is 2.51. The third-order valence-electron chi connectivity index (χ3n) is 4.77. The predicted octanol–water partition coefficient (Wildman–Crippen LogP) is 3.49. The van der Waals surface area contributed by atoms with E-state index in [4.69, 9.17) is 16.3 Å². The molecule has 0 aromatic heterocycles. The first kappa shape index (κ1) is 26.3. The maximum atomic E-state index is 11.9. The topological polar surface area (TPSA) is 66.0 Å². The van der Waals surface area contributed by atoms with Crippen LogP contribution in [0.3, 0.4) is 0 Å². The molecule has 1 saturated carbocycles. The molecule has 0 aliphatic heterocycles. The van der Waals surface area contributed by atoms with Gasteiger partial charge >= 0.3 is 0 Å². The van der Waals surface area contributed by atoms with E-state index in [1.807, 2.05) is 24.3 Å². The van der Waals surface area contributed by atoms with E-state index >= 15 is 0 Å². The number of benzene rings is 1. The fourth-order valence-corrected chi connectivity index (χ4v) is 3.51. The third kappa shape index (κ3) is 10.2. The Morgan fingerprint density at radius 2 is 1.97 bits per heavy atom. The average Bonchev–Trinajstić information content (AvgIpc) is 3.46. The number of aliphatic imine (C=N–C) groups is 1. The monoisotopic (exact) mass is 554 g/mol. The first-order chi connectivity index (χ1) is 13.4. The Morgan fingerprint density at radius 1 is 1.28 bits per heavy atom. The summed E-state index contributed by atoms with van der Waals surface area (Å²) in [5.41, 5.74) is 0.308. The van der Waals surface area contributed by atoms with Crippen molar-refractivity contribution in [3.05, 3.63) is 29.3 Å². The van der Waals surface area contributed by atoms with Gasteiger partial charge in [-0.15, -0.1) is 35.7 Å². The summed E-state index contributed by atoms with van der Waals surface area (Å²) in [7, 11) is 5.22. The van der Waals surface area contributed by atoms with Crippen LogP contribution in [0.25, 0.3) is 0 Å². The molecule has 0 unspecified atom stereocenters. The first-order valence-electron chi connectivity index (χ1n) is 9.54. The number of thioether (sulfide) groups is 1. The number of likely N-dealkylation sites (N-methyl/N-ethyl adjacent to an activating group) is 1. The van der Waals surface area contributed by atoms with Crippen molar-refractivity contribution in [2.45, 2.75) is 24.2 Å². The Balaban J connectivity index is 0.00000420. The normalized spacial score (nSPS) is 14.7. The van der Waals surface area contributed by atoms with E-state index in [1.54, 1.807) is 37.9 Å². The molecule has 0 saturated heterocycles.